The van der Waals surface area contributed by atoms with E-state index in [1.807, 2.05) is 12.1 Å². The first-order chi connectivity index (χ1) is 17.8. The van der Waals surface area contributed by atoms with Gasteiger partial charge in [-0.3, -0.25) is 9.78 Å². The van der Waals surface area contributed by atoms with Crippen LogP contribution in [0.1, 0.15) is 43.2 Å². The molecule has 4 rings (SSSR count). The summed E-state index contributed by atoms with van der Waals surface area (Å²) in [6.45, 7) is 5.39. The van der Waals surface area contributed by atoms with Crippen molar-refractivity contribution in [2.75, 3.05) is 40.0 Å². The number of likely N-dealkylation sites (tertiary alicyclic amines) is 1. The number of carbonyl (C=O) groups excluding carboxylic acids is 1. The van der Waals surface area contributed by atoms with Crippen molar-refractivity contribution < 1.29 is 27.4 Å². The van der Waals surface area contributed by atoms with Gasteiger partial charge in [-0.15, -0.1) is 12.4 Å². The lowest BCUT2D eigenvalue weighted by Gasteiger charge is -2.35. The van der Waals surface area contributed by atoms with Crippen molar-refractivity contribution in [2.45, 2.75) is 63.0 Å². The highest BCUT2D eigenvalue weighted by atomic mass is 35.5. The average Bonchev–Trinajstić information content (AvgIpc) is 2.89. The Morgan fingerprint density at radius 2 is 1.66 bits per heavy atom. The maximum Gasteiger partial charge on any atom is 0.248 e. The summed E-state index contributed by atoms with van der Waals surface area (Å²) in [5, 5.41) is 0. The molecule has 1 aromatic carbocycles. The lowest BCUT2D eigenvalue weighted by atomic mass is 10.1. The number of hydrogen-bond acceptors (Lipinski definition) is 7. The molecule has 1 aromatic heterocycles. The first kappa shape index (κ1) is 30.1. The molecule has 0 radical (unpaired) electrons. The molecule has 2 aliphatic rings. The van der Waals surface area contributed by atoms with Crippen molar-refractivity contribution in [3.05, 3.63) is 47.8 Å². The van der Waals surface area contributed by atoms with Crippen LogP contribution in [0.2, 0.25) is 0 Å². The summed E-state index contributed by atoms with van der Waals surface area (Å²) in [6, 6.07) is 6.86. The van der Waals surface area contributed by atoms with E-state index in [1.165, 1.54) is 0 Å². The zero-order valence-electron chi connectivity index (χ0n) is 22.3. The Morgan fingerprint density at radius 1 is 1.00 bits per heavy atom. The predicted molar refractivity (Wildman–Crippen MR) is 147 cm³/mol. The number of pyridine rings is 1. The topological polar surface area (TPSA) is 98.3 Å². The SMILES string of the molecule is COc1cc(C)c(S(=O)(=O)N2CCCC[C@H]2COCC(=O)N2CCC(Oc3ccncc3)CC2)c(C)c1.Cl. The maximum atomic E-state index is 13.7. The second kappa shape index (κ2) is 13.6. The molecule has 1 amide bonds. The van der Waals surface area contributed by atoms with Crippen molar-refractivity contribution in [1.29, 1.82) is 0 Å². The Bertz CT molecular complexity index is 1150. The molecule has 2 aromatic rings. The summed E-state index contributed by atoms with van der Waals surface area (Å²) in [5.74, 6) is 1.35. The minimum atomic E-state index is -3.72. The lowest BCUT2D eigenvalue weighted by molar-refractivity contribution is -0.138. The van der Waals surface area contributed by atoms with Crippen LogP contribution in [0.3, 0.4) is 0 Å². The van der Waals surface area contributed by atoms with E-state index in [4.69, 9.17) is 14.2 Å². The van der Waals surface area contributed by atoms with E-state index in [1.54, 1.807) is 54.7 Å². The number of carbonyl (C=O) groups is 1. The molecule has 2 saturated heterocycles. The van der Waals surface area contributed by atoms with E-state index in [0.29, 0.717) is 47.8 Å². The lowest BCUT2D eigenvalue weighted by Crippen LogP contribution is -2.47. The summed E-state index contributed by atoms with van der Waals surface area (Å²) in [5.41, 5.74) is 1.32. The second-order valence-corrected chi connectivity index (χ2v) is 11.6. The quantitative estimate of drug-likeness (QED) is 0.455. The highest BCUT2D eigenvalue weighted by Crippen LogP contribution is 2.32. The molecule has 0 bridgehead atoms. The number of rotatable bonds is 9. The van der Waals surface area contributed by atoms with Gasteiger partial charge in [-0.2, -0.15) is 4.31 Å². The van der Waals surface area contributed by atoms with E-state index >= 15 is 0 Å². The number of sulfonamides is 1. The normalized spacial score (nSPS) is 19.0. The Labute approximate surface area is 231 Å². The van der Waals surface area contributed by atoms with Gasteiger partial charge in [-0.25, -0.2) is 8.42 Å². The van der Waals surface area contributed by atoms with Crippen molar-refractivity contribution in [2.24, 2.45) is 0 Å². The molecule has 2 fully saturated rings. The summed E-state index contributed by atoms with van der Waals surface area (Å²) < 4.78 is 46.0. The zero-order valence-corrected chi connectivity index (χ0v) is 23.9. The van der Waals surface area contributed by atoms with Gasteiger partial charge >= 0.3 is 0 Å². The van der Waals surface area contributed by atoms with Gasteiger partial charge in [0.15, 0.2) is 0 Å². The summed E-state index contributed by atoms with van der Waals surface area (Å²) >= 11 is 0. The fourth-order valence-electron chi connectivity index (χ4n) is 5.22. The first-order valence-corrected chi connectivity index (χ1v) is 14.3. The number of ether oxygens (including phenoxy) is 3. The Morgan fingerprint density at radius 3 is 2.29 bits per heavy atom. The smallest absolute Gasteiger partial charge is 0.248 e. The predicted octanol–water partition coefficient (Wildman–Crippen LogP) is 3.76. The van der Waals surface area contributed by atoms with Crippen LogP contribution >= 0.6 is 12.4 Å². The van der Waals surface area contributed by atoms with Gasteiger partial charge in [0.25, 0.3) is 0 Å². The van der Waals surface area contributed by atoms with Crippen LogP contribution in [0.25, 0.3) is 0 Å². The standard InChI is InChI=1S/C27H37N3O6S.ClH/c1-20-16-25(34-3)17-21(2)27(20)37(32,33)30-13-5-4-6-22(30)18-35-19-26(31)29-14-9-24(10-15-29)36-23-7-11-28-12-8-23;/h7-8,11-12,16-17,22,24H,4-6,9-10,13-15,18-19H2,1-3H3;1H/t22-;/m0./s1. The second-order valence-electron chi connectivity index (χ2n) is 9.75. The maximum absolute atomic E-state index is 13.7. The summed E-state index contributed by atoms with van der Waals surface area (Å²) in [7, 11) is -2.15. The van der Waals surface area contributed by atoms with Crippen LogP contribution in [0, 0.1) is 13.8 Å². The highest BCUT2D eigenvalue weighted by Gasteiger charge is 2.36. The van der Waals surface area contributed by atoms with Crippen LogP contribution in [0.15, 0.2) is 41.6 Å². The summed E-state index contributed by atoms with van der Waals surface area (Å²) in [6.07, 6.45) is 7.41. The average molecular weight is 568 g/mol. The molecule has 2 aliphatic heterocycles. The molecule has 210 valence electrons. The number of aryl methyl sites for hydroxylation is 2. The minimum absolute atomic E-state index is 0. The molecule has 1 atom stereocenters. The van der Waals surface area contributed by atoms with Gasteiger partial charge in [-0.1, -0.05) is 6.42 Å². The van der Waals surface area contributed by atoms with E-state index in [2.05, 4.69) is 4.98 Å². The van der Waals surface area contributed by atoms with E-state index in [0.717, 1.165) is 31.4 Å². The van der Waals surface area contributed by atoms with Crippen LogP contribution in [-0.4, -0.2) is 80.6 Å². The third-order valence-electron chi connectivity index (χ3n) is 7.09. The number of piperidine rings is 2. The number of hydrogen-bond donors (Lipinski definition) is 0. The third kappa shape index (κ3) is 7.16. The molecule has 0 spiro atoms. The highest BCUT2D eigenvalue weighted by molar-refractivity contribution is 7.89. The molecule has 9 nitrogen and oxygen atoms in total. The Kier molecular flexibility index (Phi) is 10.8. The number of aromatic nitrogens is 1. The van der Waals surface area contributed by atoms with Crippen molar-refractivity contribution in [3.8, 4) is 11.5 Å². The largest absolute Gasteiger partial charge is 0.497 e. The molecular formula is C27H38ClN3O6S. The van der Waals surface area contributed by atoms with Crippen LogP contribution in [0.4, 0.5) is 0 Å². The number of benzene rings is 1. The molecule has 0 aliphatic carbocycles. The molecular weight excluding hydrogens is 530 g/mol. The molecule has 3 heterocycles. The van der Waals surface area contributed by atoms with Crippen molar-refractivity contribution >= 4 is 28.3 Å². The summed E-state index contributed by atoms with van der Waals surface area (Å²) in [4.78, 5) is 18.9. The van der Waals surface area contributed by atoms with E-state index < -0.39 is 10.0 Å². The number of methoxy groups -OCH3 is 1. The fraction of sp³-hybridized carbons (Fsp3) is 0.556. The number of nitrogens with zero attached hydrogens (tertiary/aromatic N) is 3. The Balaban J connectivity index is 0.00000400. The zero-order chi connectivity index (χ0) is 26.4. The minimum Gasteiger partial charge on any atom is -0.497 e. The van der Waals surface area contributed by atoms with Gasteiger partial charge in [0.05, 0.1) is 18.6 Å². The molecule has 38 heavy (non-hydrogen) atoms. The monoisotopic (exact) mass is 567 g/mol. The Hall–Kier alpha value is -2.40. The molecule has 0 saturated carbocycles. The van der Waals surface area contributed by atoms with Gasteiger partial charge in [-0.05, 0) is 62.1 Å². The van der Waals surface area contributed by atoms with E-state index in [9.17, 15) is 13.2 Å². The van der Waals surface area contributed by atoms with Crippen LogP contribution < -0.4 is 9.47 Å². The van der Waals surface area contributed by atoms with Crippen LogP contribution in [-0.2, 0) is 19.6 Å². The molecule has 0 N–H and O–H groups in total. The van der Waals surface area contributed by atoms with Gasteiger partial charge < -0.3 is 19.1 Å². The van der Waals surface area contributed by atoms with Crippen molar-refractivity contribution in [3.63, 3.8) is 0 Å². The van der Waals surface area contributed by atoms with Gasteiger partial charge in [0, 0.05) is 50.9 Å². The van der Waals surface area contributed by atoms with E-state index in [-0.39, 0.29) is 43.7 Å². The molecule has 11 heteroatoms. The molecule has 0 unspecified atom stereocenters. The van der Waals surface area contributed by atoms with Gasteiger partial charge in [0.1, 0.15) is 24.2 Å². The first-order valence-electron chi connectivity index (χ1n) is 12.9. The number of amides is 1. The van der Waals surface area contributed by atoms with Crippen LogP contribution in [0.5, 0.6) is 11.5 Å². The third-order valence-corrected chi connectivity index (χ3v) is 9.35. The number of halogens is 1. The fourth-order valence-corrected chi connectivity index (χ4v) is 7.31. The van der Waals surface area contributed by atoms with Gasteiger partial charge in [0.2, 0.25) is 15.9 Å². The van der Waals surface area contributed by atoms with Crippen molar-refractivity contribution in [1.82, 2.24) is 14.2 Å².